The molecular weight excluding hydrogens is 250 g/mol. The highest BCUT2D eigenvalue weighted by atomic mass is 16.5. The first kappa shape index (κ1) is 12.7. The van der Waals surface area contributed by atoms with Crippen LogP contribution in [0, 0.1) is 0 Å². The standard InChI is InChI=1S/C17H17NO2/c1-3-9-16-14(7-1)13-18-15-8-2-4-10-17(15)20-12-6-5-11-19-16/h1-4,7-10,13H,5-6,11-12H2. The van der Waals surface area contributed by atoms with Crippen molar-refractivity contribution in [1.82, 2.24) is 0 Å². The number of benzene rings is 2. The molecule has 20 heavy (non-hydrogen) atoms. The number of hydrogen-bond donors (Lipinski definition) is 0. The molecule has 0 aliphatic carbocycles. The van der Waals surface area contributed by atoms with Crippen LogP contribution in [0.15, 0.2) is 53.5 Å². The van der Waals surface area contributed by atoms with E-state index in [1.54, 1.807) is 0 Å². The summed E-state index contributed by atoms with van der Waals surface area (Å²) in [6.07, 6.45) is 3.78. The Kier molecular flexibility index (Phi) is 3.97. The highest BCUT2D eigenvalue weighted by Gasteiger charge is 2.05. The van der Waals surface area contributed by atoms with Gasteiger partial charge in [0.25, 0.3) is 0 Å². The van der Waals surface area contributed by atoms with Crippen molar-refractivity contribution in [3.63, 3.8) is 0 Å². The second kappa shape index (κ2) is 6.24. The molecule has 0 aromatic heterocycles. The van der Waals surface area contributed by atoms with E-state index < -0.39 is 0 Å². The summed E-state index contributed by atoms with van der Waals surface area (Å²) in [5.74, 6) is 1.72. The molecule has 1 aliphatic heterocycles. The summed E-state index contributed by atoms with van der Waals surface area (Å²) < 4.78 is 11.6. The number of para-hydroxylation sites is 3. The Labute approximate surface area is 118 Å². The third-order valence-electron chi connectivity index (χ3n) is 3.18. The lowest BCUT2D eigenvalue weighted by atomic mass is 10.2. The molecule has 3 heteroatoms. The fraction of sp³-hybridized carbons (Fsp3) is 0.235. The molecule has 3 nitrogen and oxygen atoms in total. The summed E-state index contributed by atoms with van der Waals surface area (Å²) in [6.45, 7) is 1.40. The zero-order chi connectivity index (χ0) is 13.6. The molecule has 0 radical (unpaired) electrons. The van der Waals surface area contributed by atoms with E-state index in [0.29, 0.717) is 13.2 Å². The Morgan fingerprint density at radius 3 is 2.25 bits per heavy atom. The van der Waals surface area contributed by atoms with Crippen LogP contribution in [0.3, 0.4) is 0 Å². The van der Waals surface area contributed by atoms with Crippen molar-refractivity contribution in [2.75, 3.05) is 13.2 Å². The fourth-order valence-corrected chi connectivity index (χ4v) is 2.11. The van der Waals surface area contributed by atoms with Crippen LogP contribution in [0.5, 0.6) is 11.5 Å². The lowest BCUT2D eigenvalue weighted by molar-refractivity contribution is 0.266. The van der Waals surface area contributed by atoms with Crippen molar-refractivity contribution in [1.29, 1.82) is 0 Å². The second-order valence-corrected chi connectivity index (χ2v) is 4.67. The molecule has 102 valence electrons. The largest absolute Gasteiger partial charge is 0.493 e. The van der Waals surface area contributed by atoms with Crippen molar-refractivity contribution < 1.29 is 9.47 Å². The first-order valence-electron chi connectivity index (χ1n) is 6.91. The molecule has 0 fully saturated rings. The van der Waals surface area contributed by atoms with Gasteiger partial charge < -0.3 is 9.47 Å². The molecule has 0 bridgehead atoms. The predicted molar refractivity (Wildman–Crippen MR) is 80.4 cm³/mol. The average molecular weight is 267 g/mol. The molecular formula is C17H17NO2. The maximum absolute atomic E-state index is 5.80. The van der Waals surface area contributed by atoms with Gasteiger partial charge in [0.15, 0.2) is 0 Å². The molecule has 2 aromatic rings. The minimum absolute atomic E-state index is 0.692. The van der Waals surface area contributed by atoms with Gasteiger partial charge in [0.2, 0.25) is 0 Å². The maximum atomic E-state index is 5.80. The van der Waals surface area contributed by atoms with Crippen molar-refractivity contribution in [2.24, 2.45) is 4.99 Å². The topological polar surface area (TPSA) is 30.8 Å². The summed E-state index contributed by atoms with van der Waals surface area (Å²) in [5, 5.41) is 0. The Morgan fingerprint density at radius 1 is 0.750 bits per heavy atom. The van der Waals surface area contributed by atoms with Crippen molar-refractivity contribution in [2.45, 2.75) is 12.8 Å². The van der Waals surface area contributed by atoms with E-state index >= 15 is 0 Å². The quantitative estimate of drug-likeness (QED) is 0.722. The van der Waals surface area contributed by atoms with E-state index in [9.17, 15) is 0 Å². The number of aliphatic imine (C=N–C) groups is 1. The molecule has 2 aromatic carbocycles. The lowest BCUT2D eigenvalue weighted by Crippen LogP contribution is -2.04. The van der Waals surface area contributed by atoms with Crippen molar-refractivity contribution in [3.8, 4) is 11.5 Å². The average Bonchev–Trinajstić information content (AvgIpc) is 2.49. The first-order chi connectivity index (χ1) is 9.93. The summed E-state index contributed by atoms with van der Waals surface area (Å²) >= 11 is 0. The number of ether oxygens (including phenoxy) is 2. The second-order valence-electron chi connectivity index (χ2n) is 4.67. The molecule has 0 amide bonds. The zero-order valence-corrected chi connectivity index (χ0v) is 11.3. The van der Waals surface area contributed by atoms with Crippen molar-refractivity contribution >= 4 is 11.9 Å². The highest BCUT2D eigenvalue weighted by molar-refractivity contribution is 5.86. The Morgan fingerprint density at radius 2 is 1.40 bits per heavy atom. The van der Waals surface area contributed by atoms with Gasteiger partial charge in [0.05, 0.1) is 13.2 Å². The van der Waals surface area contributed by atoms with Gasteiger partial charge >= 0.3 is 0 Å². The highest BCUT2D eigenvalue weighted by Crippen LogP contribution is 2.28. The van der Waals surface area contributed by atoms with E-state index in [-0.39, 0.29) is 0 Å². The number of rotatable bonds is 0. The molecule has 1 aliphatic rings. The fourth-order valence-electron chi connectivity index (χ4n) is 2.11. The van der Waals surface area contributed by atoms with Gasteiger partial charge in [-0.1, -0.05) is 24.3 Å². The predicted octanol–water partition coefficient (Wildman–Crippen LogP) is 3.99. The molecule has 0 saturated carbocycles. The summed E-state index contributed by atoms with van der Waals surface area (Å²) in [4.78, 5) is 4.53. The molecule has 0 saturated heterocycles. The maximum Gasteiger partial charge on any atom is 0.144 e. The van der Waals surface area contributed by atoms with Crippen LogP contribution in [0.1, 0.15) is 18.4 Å². The van der Waals surface area contributed by atoms with E-state index in [4.69, 9.17) is 9.47 Å². The molecule has 0 unspecified atom stereocenters. The van der Waals surface area contributed by atoms with Crippen LogP contribution in [0.2, 0.25) is 0 Å². The van der Waals surface area contributed by atoms with Crippen LogP contribution in [0.25, 0.3) is 0 Å². The van der Waals surface area contributed by atoms with Gasteiger partial charge in [0.1, 0.15) is 17.2 Å². The van der Waals surface area contributed by atoms with E-state index in [2.05, 4.69) is 4.99 Å². The minimum atomic E-state index is 0.692. The molecule has 0 spiro atoms. The molecule has 3 rings (SSSR count). The molecule has 0 N–H and O–H groups in total. The van der Waals surface area contributed by atoms with Crippen LogP contribution in [0.4, 0.5) is 5.69 Å². The Bertz CT molecular complexity index is 554. The van der Waals surface area contributed by atoms with Gasteiger partial charge in [0, 0.05) is 11.8 Å². The van der Waals surface area contributed by atoms with Gasteiger partial charge in [-0.05, 0) is 37.1 Å². The summed E-state index contributed by atoms with van der Waals surface area (Å²) in [6, 6.07) is 15.8. The van der Waals surface area contributed by atoms with Crippen LogP contribution >= 0.6 is 0 Å². The number of hydrogen-bond acceptors (Lipinski definition) is 3. The van der Waals surface area contributed by atoms with Crippen LogP contribution < -0.4 is 9.47 Å². The SMILES string of the molecule is C1=Nc2ccccc2OCCCCOc2ccccc21. The third-order valence-corrected chi connectivity index (χ3v) is 3.18. The summed E-state index contributed by atoms with van der Waals surface area (Å²) in [5.41, 5.74) is 1.84. The van der Waals surface area contributed by atoms with E-state index in [1.165, 1.54) is 0 Å². The normalized spacial score (nSPS) is 14.8. The number of nitrogens with zero attached hydrogens (tertiary/aromatic N) is 1. The van der Waals surface area contributed by atoms with Gasteiger partial charge in [-0.2, -0.15) is 0 Å². The molecule has 1 heterocycles. The smallest absolute Gasteiger partial charge is 0.144 e. The van der Waals surface area contributed by atoms with Gasteiger partial charge in [-0.25, -0.2) is 0 Å². The van der Waals surface area contributed by atoms with E-state index in [1.807, 2.05) is 54.7 Å². The first-order valence-corrected chi connectivity index (χ1v) is 6.91. The van der Waals surface area contributed by atoms with Crippen molar-refractivity contribution in [3.05, 3.63) is 54.1 Å². The minimum Gasteiger partial charge on any atom is -0.493 e. The Hall–Kier alpha value is -2.29. The monoisotopic (exact) mass is 267 g/mol. The molecule has 0 atom stereocenters. The lowest BCUT2D eigenvalue weighted by Gasteiger charge is -2.12. The van der Waals surface area contributed by atoms with E-state index in [0.717, 1.165) is 35.6 Å². The van der Waals surface area contributed by atoms with Gasteiger partial charge in [-0.3, -0.25) is 4.99 Å². The van der Waals surface area contributed by atoms with Crippen LogP contribution in [-0.2, 0) is 0 Å². The van der Waals surface area contributed by atoms with Crippen LogP contribution in [-0.4, -0.2) is 19.4 Å². The number of fused-ring (bicyclic) bond motifs is 2. The zero-order valence-electron chi connectivity index (χ0n) is 11.3. The van der Waals surface area contributed by atoms with Gasteiger partial charge in [-0.15, -0.1) is 0 Å². The third kappa shape index (κ3) is 2.99. The summed E-state index contributed by atoms with van der Waals surface area (Å²) in [7, 11) is 0. The Balaban J connectivity index is 1.97.